The molecule has 0 bridgehead atoms. The van der Waals surface area contributed by atoms with Crippen LogP contribution in [0.5, 0.6) is 0 Å². The number of benzene rings is 2. The maximum Gasteiger partial charge on any atom is 0.133 e. The molecule has 0 spiro atoms. The van der Waals surface area contributed by atoms with Crippen molar-refractivity contribution in [3.8, 4) is 23.0 Å². The van der Waals surface area contributed by atoms with Crippen LogP contribution in [0.2, 0.25) is 0 Å². The highest BCUT2D eigenvalue weighted by atomic mass is 16.3. The predicted molar refractivity (Wildman–Crippen MR) is 150 cm³/mol. The van der Waals surface area contributed by atoms with E-state index in [9.17, 15) is 9.90 Å². The van der Waals surface area contributed by atoms with E-state index in [0.717, 1.165) is 43.1 Å². The molecule has 3 unspecified atom stereocenters. The summed E-state index contributed by atoms with van der Waals surface area (Å²) >= 11 is 0. The first-order valence-electron chi connectivity index (χ1n) is 14.6. The zero-order chi connectivity index (χ0) is 25.8. The van der Waals surface area contributed by atoms with Crippen LogP contribution in [-0.4, -0.2) is 16.5 Å². The summed E-state index contributed by atoms with van der Waals surface area (Å²) < 4.78 is 0. The summed E-state index contributed by atoms with van der Waals surface area (Å²) in [7, 11) is 0. The largest absolute Gasteiger partial charge is 0.378 e. The van der Waals surface area contributed by atoms with Crippen molar-refractivity contribution >= 4 is 5.78 Å². The number of carbonyl (C=O) groups is 1. The van der Waals surface area contributed by atoms with E-state index in [1.54, 1.807) is 0 Å². The Labute approximate surface area is 223 Å². The molecular formula is C35H42O2. The molecule has 0 aromatic heterocycles. The highest BCUT2D eigenvalue weighted by Gasteiger charge is 2.61. The molecule has 4 fully saturated rings. The fourth-order valence-corrected chi connectivity index (χ4v) is 9.59. The van der Waals surface area contributed by atoms with Crippen LogP contribution in [0.25, 0.3) is 11.1 Å². The number of Topliss-reactive ketones (excluding diaryl/α,β-unsaturated/α-hetero) is 1. The van der Waals surface area contributed by atoms with Crippen LogP contribution in [0, 0.1) is 52.3 Å². The van der Waals surface area contributed by atoms with Crippen molar-refractivity contribution in [2.45, 2.75) is 84.2 Å². The molecule has 0 aliphatic heterocycles. The van der Waals surface area contributed by atoms with Crippen LogP contribution < -0.4 is 0 Å². The average molecular weight is 495 g/mol. The van der Waals surface area contributed by atoms with Gasteiger partial charge in [0.15, 0.2) is 0 Å². The summed E-state index contributed by atoms with van der Waals surface area (Å²) in [4.78, 5) is 12.4. The molecule has 194 valence electrons. The third-order valence-corrected chi connectivity index (χ3v) is 11.6. The number of carbonyl (C=O) groups excluding carboxylic acids is 1. The van der Waals surface area contributed by atoms with E-state index >= 15 is 0 Å². The van der Waals surface area contributed by atoms with Crippen molar-refractivity contribution in [1.82, 2.24) is 0 Å². The molecule has 4 aliphatic rings. The zero-order valence-corrected chi connectivity index (χ0v) is 22.8. The molecule has 2 heteroatoms. The quantitative estimate of drug-likeness (QED) is 0.435. The molecule has 37 heavy (non-hydrogen) atoms. The summed E-state index contributed by atoms with van der Waals surface area (Å²) in [6, 6.07) is 18.8. The van der Waals surface area contributed by atoms with Crippen LogP contribution in [0.3, 0.4) is 0 Å². The topological polar surface area (TPSA) is 37.3 Å². The fourth-order valence-electron chi connectivity index (χ4n) is 9.59. The maximum absolute atomic E-state index is 12.4. The summed E-state index contributed by atoms with van der Waals surface area (Å²) in [6.07, 6.45) is 9.90. The van der Waals surface area contributed by atoms with Crippen molar-refractivity contribution in [2.75, 3.05) is 0 Å². The Bertz CT molecular complexity index is 1220. The highest BCUT2D eigenvalue weighted by molar-refractivity contribution is 5.79. The Balaban J connectivity index is 1.16. The smallest absolute Gasteiger partial charge is 0.133 e. The van der Waals surface area contributed by atoms with Crippen LogP contribution >= 0.6 is 0 Å². The first-order chi connectivity index (χ1) is 17.7. The van der Waals surface area contributed by atoms with Crippen molar-refractivity contribution in [3.63, 3.8) is 0 Å². The predicted octanol–water partition coefficient (Wildman–Crippen LogP) is 7.68. The summed E-state index contributed by atoms with van der Waals surface area (Å²) in [5.41, 5.74) is 3.00. The minimum Gasteiger partial charge on any atom is -0.378 e. The lowest BCUT2D eigenvalue weighted by atomic mass is 9.44. The van der Waals surface area contributed by atoms with E-state index in [2.05, 4.69) is 74.2 Å². The molecule has 2 nitrogen and oxygen atoms in total. The second-order valence-electron chi connectivity index (χ2n) is 13.4. The van der Waals surface area contributed by atoms with Gasteiger partial charge < -0.3 is 5.11 Å². The third-order valence-electron chi connectivity index (χ3n) is 11.6. The third kappa shape index (κ3) is 4.19. The van der Waals surface area contributed by atoms with Gasteiger partial charge in [-0.1, -0.05) is 68.2 Å². The van der Waals surface area contributed by atoms with Crippen LogP contribution in [-0.2, 0) is 4.79 Å². The Morgan fingerprint density at radius 1 is 0.811 bits per heavy atom. The Kier molecular flexibility index (Phi) is 6.15. The van der Waals surface area contributed by atoms with Gasteiger partial charge in [0.1, 0.15) is 11.4 Å². The molecule has 0 saturated heterocycles. The molecule has 2 aromatic carbocycles. The molecule has 8 atom stereocenters. The molecule has 1 N–H and O–H groups in total. The van der Waals surface area contributed by atoms with Crippen molar-refractivity contribution in [3.05, 3.63) is 60.2 Å². The Morgan fingerprint density at radius 3 is 2.24 bits per heavy atom. The van der Waals surface area contributed by atoms with Gasteiger partial charge in [0.2, 0.25) is 0 Å². The monoisotopic (exact) mass is 494 g/mol. The van der Waals surface area contributed by atoms with Gasteiger partial charge in [0.25, 0.3) is 0 Å². The van der Waals surface area contributed by atoms with E-state index in [0.29, 0.717) is 23.0 Å². The minimum atomic E-state index is -0.884. The minimum absolute atomic E-state index is 0.215. The van der Waals surface area contributed by atoms with E-state index < -0.39 is 5.60 Å². The second-order valence-corrected chi connectivity index (χ2v) is 13.4. The molecule has 4 aliphatic carbocycles. The first-order valence-corrected chi connectivity index (χ1v) is 14.6. The molecule has 0 radical (unpaired) electrons. The normalized spacial score (nSPS) is 40.5. The molecule has 4 saturated carbocycles. The Hall–Kier alpha value is -2.37. The van der Waals surface area contributed by atoms with Crippen molar-refractivity contribution in [2.24, 2.45) is 40.4 Å². The van der Waals surface area contributed by atoms with Crippen LogP contribution in [0.1, 0.15) is 84.1 Å². The van der Waals surface area contributed by atoms with Gasteiger partial charge in [-0.2, -0.15) is 0 Å². The molecular weight excluding hydrogens is 452 g/mol. The van der Waals surface area contributed by atoms with E-state index in [1.165, 1.54) is 43.2 Å². The van der Waals surface area contributed by atoms with Crippen molar-refractivity contribution < 1.29 is 9.90 Å². The van der Waals surface area contributed by atoms with E-state index in [4.69, 9.17) is 0 Å². The Morgan fingerprint density at radius 2 is 1.51 bits per heavy atom. The molecule has 6 rings (SSSR count). The second kappa shape index (κ2) is 9.13. The van der Waals surface area contributed by atoms with Gasteiger partial charge in [-0.05, 0) is 122 Å². The number of rotatable bonds is 2. The number of aliphatic hydroxyl groups is 1. The van der Waals surface area contributed by atoms with E-state index in [1.807, 2.05) is 13.0 Å². The SMILES string of the molecule is CC(=O)[C@H]1CCC2C3CC[C@@H]4C[C@@](O)(C#Cc5ccc(-c6ccccc6)cc5)CC[C@]4(C)C3CC[C@@]21C. The molecule has 2 aromatic rings. The summed E-state index contributed by atoms with van der Waals surface area (Å²) in [5.74, 6) is 10.1. The summed E-state index contributed by atoms with van der Waals surface area (Å²) in [6.45, 7) is 6.79. The first kappa shape index (κ1) is 24.9. The maximum atomic E-state index is 12.4. The van der Waals surface area contributed by atoms with E-state index in [-0.39, 0.29) is 11.3 Å². The number of hydrogen-bond acceptors (Lipinski definition) is 2. The zero-order valence-electron chi connectivity index (χ0n) is 22.8. The lowest BCUT2D eigenvalue weighted by Gasteiger charge is -2.61. The standard InChI is InChI=1S/C35H42O2/c1-24(36)30-15-16-31-29-14-13-28-23-35(37,22-21-33(28,2)32(29)18-19-34(30,31)3)20-17-25-9-11-27(12-10-25)26-7-5-4-6-8-26/h4-12,28-32,37H,13-16,18-19,21-23H2,1-3H3/t28-,29?,30-,31?,32?,33+,34-,35-/m1/s1. The number of ketones is 1. The molecule has 0 amide bonds. The molecule has 0 heterocycles. The van der Waals surface area contributed by atoms with Gasteiger partial charge >= 0.3 is 0 Å². The van der Waals surface area contributed by atoms with Gasteiger partial charge in [0.05, 0.1) is 0 Å². The van der Waals surface area contributed by atoms with Crippen LogP contribution in [0.15, 0.2) is 54.6 Å². The van der Waals surface area contributed by atoms with Gasteiger partial charge in [-0.25, -0.2) is 0 Å². The van der Waals surface area contributed by atoms with Crippen LogP contribution in [0.4, 0.5) is 0 Å². The number of hydrogen-bond donors (Lipinski definition) is 1. The lowest BCUT2D eigenvalue weighted by Crippen LogP contribution is -2.56. The van der Waals surface area contributed by atoms with Crippen molar-refractivity contribution in [1.29, 1.82) is 0 Å². The fraction of sp³-hybridized carbons (Fsp3) is 0.571. The number of fused-ring (bicyclic) bond motifs is 5. The van der Waals surface area contributed by atoms with Gasteiger partial charge in [-0.15, -0.1) is 0 Å². The highest BCUT2D eigenvalue weighted by Crippen LogP contribution is 2.68. The van der Waals surface area contributed by atoms with Gasteiger partial charge in [-0.3, -0.25) is 4.79 Å². The average Bonchev–Trinajstić information content (AvgIpc) is 3.27. The summed E-state index contributed by atoms with van der Waals surface area (Å²) in [5, 5.41) is 11.6. The lowest BCUT2D eigenvalue weighted by molar-refractivity contribution is -0.144. The van der Waals surface area contributed by atoms with Gasteiger partial charge in [0, 0.05) is 11.5 Å².